The molecule has 28 heavy (non-hydrogen) atoms. The molecule has 0 bridgehead atoms. The van der Waals surface area contributed by atoms with Gasteiger partial charge in [0.2, 0.25) is 0 Å². The van der Waals surface area contributed by atoms with Gasteiger partial charge in [0.25, 0.3) is 5.91 Å². The third-order valence-electron chi connectivity index (χ3n) is 4.90. The highest BCUT2D eigenvalue weighted by Gasteiger charge is 2.22. The van der Waals surface area contributed by atoms with E-state index in [-0.39, 0.29) is 5.91 Å². The highest BCUT2D eigenvalue weighted by Crippen LogP contribution is 2.23. The third kappa shape index (κ3) is 4.32. The Bertz CT molecular complexity index is 923. The largest absolute Gasteiger partial charge is 0.360 e. The predicted molar refractivity (Wildman–Crippen MR) is 109 cm³/mol. The first-order valence-electron chi connectivity index (χ1n) is 9.27. The van der Waals surface area contributed by atoms with Gasteiger partial charge in [0.05, 0.1) is 37.6 Å². The molecule has 0 unspecified atom stereocenters. The summed E-state index contributed by atoms with van der Waals surface area (Å²) in [6, 6.07) is 15.7. The summed E-state index contributed by atoms with van der Waals surface area (Å²) >= 11 is 6.12. The van der Waals surface area contributed by atoms with Crippen molar-refractivity contribution in [1.29, 1.82) is 0 Å². The molecule has 0 saturated carbocycles. The smallest absolute Gasteiger partial charge is 0.279 e. The Labute approximate surface area is 168 Å². The predicted octanol–water partition coefficient (Wildman–Crippen LogP) is 1.26. The van der Waals surface area contributed by atoms with Gasteiger partial charge in [0, 0.05) is 10.7 Å². The summed E-state index contributed by atoms with van der Waals surface area (Å²) < 4.78 is 1.61. The second-order valence-electron chi connectivity index (χ2n) is 6.80. The van der Waals surface area contributed by atoms with Crippen LogP contribution in [0.3, 0.4) is 0 Å². The zero-order valence-corrected chi connectivity index (χ0v) is 16.1. The monoisotopic (exact) mass is 397 g/mol. The van der Waals surface area contributed by atoms with E-state index in [1.165, 1.54) is 16.9 Å². The number of quaternary nitrogens is 1. The molecule has 3 aromatic rings. The van der Waals surface area contributed by atoms with Crippen LogP contribution < -0.4 is 15.1 Å². The number of para-hydroxylation sites is 1. The van der Waals surface area contributed by atoms with E-state index in [4.69, 9.17) is 11.6 Å². The third-order valence-corrected chi connectivity index (χ3v) is 5.14. The number of nitrogens with zero attached hydrogens (tertiary/aromatic N) is 4. The Hall–Kier alpha value is -2.90. The molecule has 2 aromatic carbocycles. The van der Waals surface area contributed by atoms with E-state index in [1.807, 2.05) is 12.1 Å². The minimum absolute atomic E-state index is 0.0354. The lowest BCUT2D eigenvalue weighted by Gasteiger charge is -2.33. The summed E-state index contributed by atoms with van der Waals surface area (Å²) in [5.41, 5.74) is 2.60. The average molecular weight is 398 g/mol. The van der Waals surface area contributed by atoms with Crippen molar-refractivity contribution in [1.82, 2.24) is 14.8 Å². The van der Waals surface area contributed by atoms with Gasteiger partial charge < -0.3 is 15.1 Å². The van der Waals surface area contributed by atoms with E-state index < -0.39 is 0 Å². The molecular formula is C20H22ClN6O+. The summed E-state index contributed by atoms with van der Waals surface area (Å²) in [5, 5.41) is 7.68. The normalized spacial score (nSPS) is 14.8. The SMILES string of the molecule is O=C(C[NH+]1CCN(c2ccccc2)CC1)Nc1cc(Cl)ccc1-n1cncn1. The fourth-order valence-corrected chi connectivity index (χ4v) is 3.63. The Morgan fingerprint density at radius 2 is 1.93 bits per heavy atom. The fraction of sp³-hybridized carbons (Fsp3) is 0.250. The minimum Gasteiger partial charge on any atom is -0.360 e. The zero-order chi connectivity index (χ0) is 19.3. The van der Waals surface area contributed by atoms with Gasteiger partial charge in [0.1, 0.15) is 12.7 Å². The van der Waals surface area contributed by atoms with Crippen molar-refractivity contribution in [3.8, 4) is 5.69 Å². The number of hydrogen-bond acceptors (Lipinski definition) is 4. The van der Waals surface area contributed by atoms with Crippen molar-refractivity contribution >= 4 is 28.9 Å². The van der Waals surface area contributed by atoms with Crippen LogP contribution in [0.5, 0.6) is 0 Å². The van der Waals surface area contributed by atoms with E-state index in [1.54, 1.807) is 23.1 Å². The molecule has 1 fully saturated rings. The number of carbonyl (C=O) groups is 1. The van der Waals surface area contributed by atoms with Crippen molar-refractivity contribution in [2.45, 2.75) is 0 Å². The van der Waals surface area contributed by atoms with Gasteiger partial charge in [-0.05, 0) is 30.3 Å². The summed E-state index contributed by atoms with van der Waals surface area (Å²) in [4.78, 5) is 20.2. The van der Waals surface area contributed by atoms with E-state index in [9.17, 15) is 4.79 Å². The molecule has 2 heterocycles. The summed E-state index contributed by atoms with van der Waals surface area (Å²) in [6.45, 7) is 4.15. The second kappa shape index (κ2) is 8.41. The fourth-order valence-electron chi connectivity index (χ4n) is 3.46. The van der Waals surface area contributed by atoms with Crippen LogP contribution in [0.15, 0.2) is 61.2 Å². The Balaban J connectivity index is 1.36. The maximum Gasteiger partial charge on any atom is 0.279 e. The quantitative estimate of drug-likeness (QED) is 0.680. The molecule has 2 N–H and O–H groups in total. The lowest BCUT2D eigenvalue weighted by atomic mass is 10.2. The molecule has 0 radical (unpaired) electrons. The molecule has 1 amide bonds. The van der Waals surface area contributed by atoms with Crippen molar-refractivity contribution in [3.63, 3.8) is 0 Å². The Morgan fingerprint density at radius 1 is 1.14 bits per heavy atom. The molecule has 0 spiro atoms. The van der Waals surface area contributed by atoms with Gasteiger partial charge in [-0.25, -0.2) is 9.67 Å². The van der Waals surface area contributed by atoms with E-state index in [2.05, 4.69) is 44.6 Å². The summed E-state index contributed by atoms with van der Waals surface area (Å²) in [5.74, 6) is -0.0354. The van der Waals surface area contributed by atoms with E-state index >= 15 is 0 Å². The highest BCUT2D eigenvalue weighted by atomic mass is 35.5. The first-order valence-corrected chi connectivity index (χ1v) is 9.65. The van der Waals surface area contributed by atoms with Crippen LogP contribution >= 0.6 is 11.6 Å². The zero-order valence-electron chi connectivity index (χ0n) is 15.4. The van der Waals surface area contributed by atoms with Crippen LogP contribution in [0.4, 0.5) is 11.4 Å². The number of piperazine rings is 1. The number of hydrogen-bond donors (Lipinski definition) is 2. The molecule has 0 atom stereocenters. The average Bonchev–Trinajstić information content (AvgIpc) is 3.24. The number of nitrogens with one attached hydrogen (secondary N) is 2. The first-order chi connectivity index (χ1) is 13.7. The molecule has 1 aliphatic rings. The van der Waals surface area contributed by atoms with Crippen molar-refractivity contribution in [2.75, 3.05) is 42.9 Å². The standard InChI is InChI=1S/C20H21ClN6O/c21-16-6-7-19(27-15-22-14-23-27)18(12-16)24-20(28)13-25-8-10-26(11-9-25)17-4-2-1-3-5-17/h1-7,12,14-15H,8-11,13H2,(H,24,28)/p+1. The molecule has 1 saturated heterocycles. The number of benzene rings is 2. The van der Waals surface area contributed by atoms with Crippen LogP contribution in [-0.2, 0) is 4.79 Å². The van der Waals surface area contributed by atoms with E-state index in [0.29, 0.717) is 17.3 Å². The molecule has 1 aliphatic heterocycles. The molecule has 7 nitrogen and oxygen atoms in total. The van der Waals surface area contributed by atoms with Crippen LogP contribution in [0.1, 0.15) is 0 Å². The van der Waals surface area contributed by atoms with Crippen LogP contribution in [0.25, 0.3) is 5.69 Å². The van der Waals surface area contributed by atoms with Crippen LogP contribution in [0, 0.1) is 0 Å². The number of anilines is 2. The topological polar surface area (TPSA) is 67.5 Å². The molecule has 0 aliphatic carbocycles. The van der Waals surface area contributed by atoms with Crippen molar-refractivity contribution in [2.24, 2.45) is 0 Å². The molecular weight excluding hydrogens is 376 g/mol. The van der Waals surface area contributed by atoms with Gasteiger partial charge >= 0.3 is 0 Å². The molecule has 4 rings (SSSR count). The van der Waals surface area contributed by atoms with Gasteiger partial charge in [-0.3, -0.25) is 4.79 Å². The van der Waals surface area contributed by atoms with E-state index in [0.717, 1.165) is 31.9 Å². The maximum absolute atomic E-state index is 12.6. The highest BCUT2D eigenvalue weighted by molar-refractivity contribution is 6.31. The molecule has 1 aromatic heterocycles. The molecule has 8 heteroatoms. The number of amides is 1. The van der Waals surface area contributed by atoms with Gasteiger partial charge in [-0.2, -0.15) is 5.10 Å². The van der Waals surface area contributed by atoms with Gasteiger partial charge in [0.15, 0.2) is 6.54 Å². The van der Waals surface area contributed by atoms with Gasteiger partial charge in [-0.15, -0.1) is 0 Å². The second-order valence-corrected chi connectivity index (χ2v) is 7.24. The van der Waals surface area contributed by atoms with Gasteiger partial charge in [-0.1, -0.05) is 29.8 Å². The van der Waals surface area contributed by atoms with Crippen molar-refractivity contribution in [3.05, 3.63) is 66.2 Å². The van der Waals surface area contributed by atoms with Crippen molar-refractivity contribution < 1.29 is 9.69 Å². The summed E-state index contributed by atoms with van der Waals surface area (Å²) in [7, 11) is 0. The Morgan fingerprint density at radius 3 is 2.64 bits per heavy atom. The van der Waals surface area contributed by atoms with Crippen LogP contribution in [0.2, 0.25) is 5.02 Å². The number of aromatic nitrogens is 3. The number of carbonyl (C=O) groups excluding carboxylic acids is 1. The number of rotatable bonds is 5. The lowest BCUT2D eigenvalue weighted by molar-refractivity contribution is -0.892. The molecule has 144 valence electrons. The minimum atomic E-state index is -0.0354. The lowest BCUT2D eigenvalue weighted by Crippen LogP contribution is -3.15. The maximum atomic E-state index is 12.6. The summed E-state index contributed by atoms with van der Waals surface area (Å²) in [6.07, 6.45) is 3.05. The van der Waals surface area contributed by atoms with Crippen LogP contribution in [-0.4, -0.2) is 53.4 Å². The number of halogens is 1. The Kier molecular flexibility index (Phi) is 5.55. The first kappa shape index (κ1) is 18.5.